The average Bonchev–Trinajstić information content (AvgIpc) is 2.50. The van der Waals surface area contributed by atoms with E-state index in [4.69, 9.17) is 14.2 Å². The van der Waals surface area contributed by atoms with Crippen molar-refractivity contribution in [2.24, 2.45) is 0 Å². The number of methoxy groups -OCH3 is 2. The van der Waals surface area contributed by atoms with Gasteiger partial charge in [-0.25, -0.2) is 0 Å². The van der Waals surface area contributed by atoms with Gasteiger partial charge < -0.3 is 19.5 Å². The zero-order chi connectivity index (χ0) is 16.5. The second-order valence-corrected chi connectivity index (χ2v) is 4.95. The highest BCUT2D eigenvalue weighted by Gasteiger charge is 2.09. The molecule has 1 aromatic rings. The number of benzene rings is 1. The second kappa shape index (κ2) is 9.09. The van der Waals surface area contributed by atoms with Gasteiger partial charge >= 0.3 is 5.97 Å². The number of rotatable bonds is 7. The number of nitrogens with one attached hydrogen (secondary N) is 1. The summed E-state index contributed by atoms with van der Waals surface area (Å²) in [6.07, 6.45) is 2.93. The number of ether oxygens (including phenoxy) is 3. The van der Waals surface area contributed by atoms with Crippen LogP contribution in [0.25, 0.3) is 6.08 Å². The van der Waals surface area contributed by atoms with Gasteiger partial charge in [-0.15, -0.1) is 0 Å². The zero-order valence-corrected chi connectivity index (χ0v) is 14.2. The van der Waals surface area contributed by atoms with Crippen molar-refractivity contribution >= 4 is 33.9 Å². The summed E-state index contributed by atoms with van der Waals surface area (Å²) in [5, 5.41) is 2.44. The lowest BCUT2D eigenvalue weighted by Crippen LogP contribution is -2.29. The molecule has 1 rings (SSSR count). The summed E-state index contributed by atoms with van der Waals surface area (Å²) in [5.41, 5.74) is 0.746. The predicted octanol–water partition coefficient (Wildman–Crippen LogP) is 2.16. The highest BCUT2D eigenvalue weighted by molar-refractivity contribution is 9.10. The van der Waals surface area contributed by atoms with Gasteiger partial charge in [0.05, 0.1) is 25.3 Å². The minimum absolute atomic E-state index is 0.160. The van der Waals surface area contributed by atoms with Gasteiger partial charge in [0, 0.05) is 6.08 Å². The Morgan fingerprint density at radius 3 is 2.59 bits per heavy atom. The van der Waals surface area contributed by atoms with Crippen LogP contribution in [0.3, 0.4) is 0 Å². The number of esters is 1. The van der Waals surface area contributed by atoms with Crippen LogP contribution in [0.2, 0.25) is 0 Å². The zero-order valence-electron chi connectivity index (χ0n) is 12.6. The molecule has 0 unspecified atom stereocenters. The van der Waals surface area contributed by atoms with Crippen LogP contribution in [0.15, 0.2) is 22.7 Å². The van der Waals surface area contributed by atoms with Crippen molar-refractivity contribution in [1.82, 2.24) is 5.32 Å². The van der Waals surface area contributed by atoms with E-state index in [2.05, 4.69) is 21.2 Å². The molecule has 0 radical (unpaired) electrons. The third-order valence-corrected chi connectivity index (χ3v) is 3.18. The molecule has 22 heavy (non-hydrogen) atoms. The van der Waals surface area contributed by atoms with E-state index in [1.54, 1.807) is 32.2 Å². The first kappa shape index (κ1) is 18.0. The van der Waals surface area contributed by atoms with E-state index in [9.17, 15) is 9.59 Å². The molecule has 120 valence electrons. The molecule has 0 aliphatic carbocycles. The van der Waals surface area contributed by atoms with Crippen molar-refractivity contribution in [1.29, 1.82) is 0 Å². The lowest BCUT2D eigenvalue weighted by molar-refractivity contribution is -0.143. The standard InChI is InChI=1S/C15H18BrNO5/c1-4-22-14(19)9-17-13(18)6-5-10-7-11(16)15(21-3)12(8-10)20-2/h5-8H,4,9H2,1-3H3,(H,17,18). The fourth-order valence-electron chi connectivity index (χ4n) is 1.64. The van der Waals surface area contributed by atoms with Crippen molar-refractivity contribution in [3.8, 4) is 11.5 Å². The largest absolute Gasteiger partial charge is 0.493 e. The number of carbonyl (C=O) groups excluding carboxylic acids is 2. The van der Waals surface area contributed by atoms with Gasteiger partial charge in [0.1, 0.15) is 6.54 Å². The van der Waals surface area contributed by atoms with E-state index < -0.39 is 5.97 Å². The molecule has 0 heterocycles. The number of hydrogen-bond acceptors (Lipinski definition) is 5. The summed E-state index contributed by atoms with van der Waals surface area (Å²) in [5.74, 6) is 0.256. The monoisotopic (exact) mass is 371 g/mol. The summed E-state index contributed by atoms with van der Waals surface area (Å²) in [4.78, 5) is 22.7. The van der Waals surface area contributed by atoms with Gasteiger partial charge in [-0.3, -0.25) is 9.59 Å². The number of carbonyl (C=O) groups is 2. The maximum atomic E-state index is 11.6. The third-order valence-electron chi connectivity index (χ3n) is 2.60. The van der Waals surface area contributed by atoms with Crippen molar-refractivity contribution in [3.63, 3.8) is 0 Å². The fourth-order valence-corrected chi connectivity index (χ4v) is 2.26. The summed E-state index contributed by atoms with van der Waals surface area (Å²) >= 11 is 3.37. The molecule has 0 atom stereocenters. The van der Waals surface area contributed by atoms with Crippen LogP contribution in [-0.4, -0.2) is 39.2 Å². The lowest BCUT2D eigenvalue weighted by atomic mass is 10.2. The van der Waals surface area contributed by atoms with Crippen LogP contribution >= 0.6 is 15.9 Å². The Kier molecular flexibility index (Phi) is 7.45. The van der Waals surface area contributed by atoms with Crippen LogP contribution in [0.4, 0.5) is 0 Å². The molecule has 0 aliphatic heterocycles. The van der Waals surface area contributed by atoms with Crippen LogP contribution < -0.4 is 14.8 Å². The topological polar surface area (TPSA) is 73.9 Å². The molecule has 0 spiro atoms. The first-order valence-corrected chi connectivity index (χ1v) is 7.34. The van der Waals surface area contributed by atoms with Gasteiger partial charge in [-0.1, -0.05) is 0 Å². The highest BCUT2D eigenvalue weighted by Crippen LogP contribution is 2.36. The summed E-state index contributed by atoms with van der Waals surface area (Å²) < 4.78 is 15.9. The molecule has 1 aromatic carbocycles. The maximum absolute atomic E-state index is 11.6. The number of hydrogen-bond donors (Lipinski definition) is 1. The first-order chi connectivity index (χ1) is 10.5. The minimum Gasteiger partial charge on any atom is -0.493 e. The Morgan fingerprint density at radius 1 is 1.27 bits per heavy atom. The van der Waals surface area contributed by atoms with Gasteiger partial charge in [0.25, 0.3) is 0 Å². The molecule has 0 bridgehead atoms. The van der Waals surface area contributed by atoms with Crippen LogP contribution in [0.5, 0.6) is 11.5 Å². The van der Waals surface area contributed by atoms with Crippen LogP contribution in [-0.2, 0) is 14.3 Å². The molecular weight excluding hydrogens is 354 g/mol. The molecule has 1 amide bonds. The molecule has 0 saturated carbocycles. The summed E-state index contributed by atoms with van der Waals surface area (Å²) in [6.45, 7) is 1.82. The fraction of sp³-hybridized carbons (Fsp3) is 0.333. The second-order valence-electron chi connectivity index (χ2n) is 4.09. The van der Waals surface area contributed by atoms with Gasteiger partial charge in [0.15, 0.2) is 11.5 Å². The van der Waals surface area contributed by atoms with E-state index >= 15 is 0 Å². The molecule has 0 aliphatic rings. The van der Waals surface area contributed by atoms with Crippen molar-refractivity contribution in [2.45, 2.75) is 6.92 Å². The van der Waals surface area contributed by atoms with Crippen LogP contribution in [0.1, 0.15) is 12.5 Å². The van der Waals surface area contributed by atoms with E-state index in [1.807, 2.05) is 0 Å². The molecule has 0 saturated heterocycles. The van der Waals surface area contributed by atoms with Crippen molar-refractivity contribution in [3.05, 3.63) is 28.2 Å². The lowest BCUT2D eigenvalue weighted by Gasteiger charge is -2.10. The molecular formula is C15H18BrNO5. The Bertz CT molecular complexity index is 571. The molecule has 6 nitrogen and oxygen atoms in total. The van der Waals surface area contributed by atoms with Gasteiger partial charge in [-0.05, 0) is 46.6 Å². The normalized spacial score (nSPS) is 10.4. The molecule has 0 fully saturated rings. The van der Waals surface area contributed by atoms with E-state index in [-0.39, 0.29) is 19.1 Å². The first-order valence-electron chi connectivity index (χ1n) is 6.54. The minimum atomic E-state index is -0.474. The van der Waals surface area contributed by atoms with E-state index in [0.717, 1.165) is 5.56 Å². The molecule has 0 aromatic heterocycles. The predicted molar refractivity (Wildman–Crippen MR) is 85.9 cm³/mol. The van der Waals surface area contributed by atoms with E-state index in [1.165, 1.54) is 13.2 Å². The Balaban J connectivity index is 2.71. The van der Waals surface area contributed by atoms with Crippen LogP contribution in [0, 0.1) is 0 Å². The van der Waals surface area contributed by atoms with E-state index in [0.29, 0.717) is 16.0 Å². The summed E-state index contributed by atoms with van der Waals surface area (Å²) in [7, 11) is 3.07. The SMILES string of the molecule is CCOC(=O)CNC(=O)C=Cc1cc(Br)c(OC)c(OC)c1. The van der Waals surface area contributed by atoms with Gasteiger partial charge in [-0.2, -0.15) is 0 Å². The summed E-state index contributed by atoms with van der Waals surface area (Å²) in [6, 6.07) is 3.52. The Labute approximate surface area is 137 Å². The smallest absolute Gasteiger partial charge is 0.325 e. The van der Waals surface area contributed by atoms with Crippen molar-refractivity contribution in [2.75, 3.05) is 27.4 Å². The molecule has 1 N–H and O–H groups in total. The number of halogens is 1. The Morgan fingerprint density at radius 2 is 2.00 bits per heavy atom. The maximum Gasteiger partial charge on any atom is 0.325 e. The molecule has 7 heteroatoms. The number of amides is 1. The Hall–Kier alpha value is -2.02. The van der Waals surface area contributed by atoms with Crippen molar-refractivity contribution < 1.29 is 23.8 Å². The van der Waals surface area contributed by atoms with Gasteiger partial charge in [0.2, 0.25) is 5.91 Å². The average molecular weight is 372 g/mol. The highest BCUT2D eigenvalue weighted by atomic mass is 79.9. The third kappa shape index (κ3) is 5.40. The quantitative estimate of drug-likeness (QED) is 0.587.